The van der Waals surface area contributed by atoms with Crippen LogP contribution in [0.1, 0.15) is 36.8 Å². The van der Waals surface area contributed by atoms with E-state index in [0.717, 1.165) is 24.5 Å². The van der Waals surface area contributed by atoms with Crippen molar-refractivity contribution >= 4 is 15.9 Å². The van der Waals surface area contributed by atoms with Crippen molar-refractivity contribution in [1.29, 1.82) is 0 Å². The average molecular weight is 419 g/mol. The van der Waals surface area contributed by atoms with Crippen LogP contribution < -0.4 is 5.32 Å². The summed E-state index contributed by atoms with van der Waals surface area (Å²) in [5, 5.41) is 2.92. The molecule has 0 saturated carbocycles. The van der Waals surface area contributed by atoms with Crippen LogP contribution in [-0.4, -0.2) is 31.7 Å². The van der Waals surface area contributed by atoms with Crippen LogP contribution in [0.2, 0.25) is 0 Å². The van der Waals surface area contributed by atoms with Crippen LogP contribution in [0.15, 0.2) is 53.4 Å². The quantitative estimate of drug-likeness (QED) is 0.747. The Labute approximate surface area is 172 Å². The molecule has 2 aromatic carbocycles. The van der Waals surface area contributed by atoms with Crippen LogP contribution in [0.4, 0.5) is 4.39 Å². The minimum absolute atomic E-state index is 0.0195. The SMILES string of the molecule is Cc1ccc(CNC(=O)CCC2CCCN(S(=O)(=O)c3cccc(F)c3)C2)cc1. The summed E-state index contributed by atoms with van der Waals surface area (Å²) in [4.78, 5) is 12.2. The first kappa shape index (κ1) is 21.5. The van der Waals surface area contributed by atoms with E-state index in [1.165, 1.54) is 28.1 Å². The van der Waals surface area contributed by atoms with Gasteiger partial charge in [-0.2, -0.15) is 4.31 Å². The first-order valence-corrected chi connectivity index (χ1v) is 11.4. The van der Waals surface area contributed by atoms with E-state index in [2.05, 4.69) is 5.32 Å². The third-order valence-corrected chi connectivity index (χ3v) is 7.17. The maximum atomic E-state index is 13.4. The van der Waals surface area contributed by atoms with Gasteiger partial charge in [0.15, 0.2) is 0 Å². The third kappa shape index (κ3) is 5.87. The van der Waals surface area contributed by atoms with Crippen molar-refractivity contribution in [3.63, 3.8) is 0 Å². The number of amides is 1. The molecule has 1 aliphatic heterocycles. The fourth-order valence-electron chi connectivity index (χ4n) is 3.59. The molecule has 3 rings (SSSR count). The molecule has 1 heterocycles. The molecule has 29 heavy (non-hydrogen) atoms. The second-order valence-electron chi connectivity index (χ2n) is 7.63. The molecule has 1 saturated heterocycles. The Hall–Kier alpha value is -2.25. The summed E-state index contributed by atoms with van der Waals surface area (Å²) in [6.07, 6.45) is 2.63. The van der Waals surface area contributed by atoms with Gasteiger partial charge in [-0.15, -0.1) is 0 Å². The summed E-state index contributed by atoms with van der Waals surface area (Å²) in [6.45, 7) is 3.30. The van der Waals surface area contributed by atoms with Gasteiger partial charge in [-0.1, -0.05) is 35.9 Å². The zero-order valence-corrected chi connectivity index (χ0v) is 17.4. The number of halogens is 1. The van der Waals surface area contributed by atoms with Gasteiger partial charge >= 0.3 is 0 Å². The largest absolute Gasteiger partial charge is 0.352 e. The molecule has 0 bridgehead atoms. The second-order valence-corrected chi connectivity index (χ2v) is 9.57. The van der Waals surface area contributed by atoms with Gasteiger partial charge in [0.1, 0.15) is 5.82 Å². The molecule has 156 valence electrons. The molecule has 1 aliphatic rings. The second kappa shape index (κ2) is 9.50. The highest BCUT2D eigenvalue weighted by molar-refractivity contribution is 7.89. The summed E-state index contributed by atoms with van der Waals surface area (Å²) >= 11 is 0. The number of carbonyl (C=O) groups is 1. The summed E-state index contributed by atoms with van der Waals surface area (Å²) in [6, 6.07) is 13.1. The zero-order valence-electron chi connectivity index (χ0n) is 16.6. The fraction of sp³-hybridized carbons (Fsp3) is 0.409. The molecule has 0 radical (unpaired) electrons. The van der Waals surface area contributed by atoms with E-state index in [1.807, 2.05) is 31.2 Å². The van der Waals surface area contributed by atoms with Crippen molar-refractivity contribution in [2.24, 2.45) is 5.92 Å². The van der Waals surface area contributed by atoms with Crippen molar-refractivity contribution in [3.8, 4) is 0 Å². The van der Waals surface area contributed by atoms with E-state index in [0.29, 0.717) is 32.5 Å². The Morgan fingerprint density at radius 1 is 1.21 bits per heavy atom. The van der Waals surface area contributed by atoms with E-state index in [-0.39, 0.29) is 16.7 Å². The van der Waals surface area contributed by atoms with E-state index in [4.69, 9.17) is 0 Å². The molecule has 1 N–H and O–H groups in total. The topological polar surface area (TPSA) is 66.5 Å². The number of sulfonamides is 1. The number of nitrogens with one attached hydrogen (secondary N) is 1. The number of aryl methyl sites for hydroxylation is 1. The predicted molar refractivity (Wildman–Crippen MR) is 110 cm³/mol. The van der Waals surface area contributed by atoms with E-state index in [1.54, 1.807) is 0 Å². The van der Waals surface area contributed by atoms with Crippen LogP contribution in [0.5, 0.6) is 0 Å². The standard InChI is InChI=1S/C22H27FN2O3S/c1-17-7-9-18(10-8-17)15-24-22(26)12-11-19-4-3-13-25(16-19)29(27,28)21-6-2-5-20(23)14-21/h2,5-10,14,19H,3-4,11-13,15-16H2,1H3,(H,24,26). The molecule has 7 heteroatoms. The Morgan fingerprint density at radius 2 is 1.97 bits per heavy atom. The zero-order chi connectivity index (χ0) is 20.9. The summed E-state index contributed by atoms with van der Waals surface area (Å²) in [5.41, 5.74) is 2.23. The average Bonchev–Trinajstić information content (AvgIpc) is 2.72. The molecule has 2 aromatic rings. The summed E-state index contributed by atoms with van der Waals surface area (Å²) in [5.74, 6) is -0.474. The van der Waals surface area contributed by atoms with Gasteiger partial charge in [0.05, 0.1) is 4.90 Å². The lowest BCUT2D eigenvalue weighted by atomic mass is 9.94. The van der Waals surface area contributed by atoms with Gasteiger partial charge in [-0.25, -0.2) is 12.8 Å². The lowest BCUT2D eigenvalue weighted by Gasteiger charge is -2.32. The van der Waals surface area contributed by atoms with Crippen molar-refractivity contribution in [3.05, 3.63) is 65.5 Å². The molecule has 1 amide bonds. The van der Waals surface area contributed by atoms with Gasteiger partial charge in [-0.05, 0) is 55.9 Å². The van der Waals surface area contributed by atoms with Crippen molar-refractivity contribution in [2.75, 3.05) is 13.1 Å². The minimum atomic E-state index is -3.71. The normalized spacial score (nSPS) is 17.8. The number of benzene rings is 2. The Bertz CT molecular complexity index is 945. The highest BCUT2D eigenvalue weighted by atomic mass is 32.2. The maximum Gasteiger partial charge on any atom is 0.243 e. The van der Waals surface area contributed by atoms with E-state index >= 15 is 0 Å². The molecule has 1 unspecified atom stereocenters. The number of rotatable bonds is 7. The molecular weight excluding hydrogens is 391 g/mol. The van der Waals surface area contributed by atoms with Crippen LogP contribution in [-0.2, 0) is 21.4 Å². The third-order valence-electron chi connectivity index (χ3n) is 5.31. The Balaban J connectivity index is 1.50. The minimum Gasteiger partial charge on any atom is -0.352 e. The number of carbonyl (C=O) groups excluding carboxylic acids is 1. The number of hydrogen-bond acceptors (Lipinski definition) is 3. The van der Waals surface area contributed by atoms with Gasteiger partial charge in [-0.3, -0.25) is 4.79 Å². The molecule has 5 nitrogen and oxygen atoms in total. The molecule has 1 atom stereocenters. The Kier molecular flexibility index (Phi) is 7.03. The van der Waals surface area contributed by atoms with Gasteiger partial charge in [0.25, 0.3) is 0 Å². The van der Waals surface area contributed by atoms with Crippen LogP contribution in [0.3, 0.4) is 0 Å². The smallest absolute Gasteiger partial charge is 0.243 e. The first-order valence-electron chi connectivity index (χ1n) is 9.92. The molecule has 0 aliphatic carbocycles. The lowest BCUT2D eigenvalue weighted by Crippen LogP contribution is -2.40. The van der Waals surface area contributed by atoms with Crippen molar-refractivity contribution in [1.82, 2.24) is 9.62 Å². The predicted octanol–water partition coefficient (Wildman–Crippen LogP) is 3.63. The highest BCUT2D eigenvalue weighted by Gasteiger charge is 2.30. The number of nitrogens with zero attached hydrogens (tertiary/aromatic N) is 1. The van der Waals surface area contributed by atoms with Gasteiger partial charge in [0.2, 0.25) is 15.9 Å². The molecular formula is C22H27FN2O3S. The van der Waals surface area contributed by atoms with Gasteiger partial charge < -0.3 is 5.32 Å². The molecule has 0 spiro atoms. The van der Waals surface area contributed by atoms with Gasteiger partial charge in [0, 0.05) is 26.1 Å². The van der Waals surface area contributed by atoms with E-state index in [9.17, 15) is 17.6 Å². The number of hydrogen-bond donors (Lipinski definition) is 1. The monoisotopic (exact) mass is 418 g/mol. The maximum absolute atomic E-state index is 13.4. The van der Waals surface area contributed by atoms with Crippen molar-refractivity contribution < 1.29 is 17.6 Å². The van der Waals surface area contributed by atoms with Crippen LogP contribution >= 0.6 is 0 Å². The fourth-order valence-corrected chi connectivity index (χ4v) is 5.17. The molecule has 0 aromatic heterocycles. The summed E-state index contributed by atoms with van der Waals surface area (Å²) < 4.78 is 40.4. The molecule has 1 fully saturated rings. The van der Waals surface area contributed by atoms with Crippen LogP contribution in [0, 0.1) is 18.7 Å². The van der Waals surface area contributed by atoms with Crippen molar-refractivity contribution in [2.45, 2.75) is 44.0 Å². The number of piperidine rings is 1. The Morgan fingerprint density at radius 3 is 2.69 bits per heavy atom. The van der Waals surface area contributed by atoms with E-state index < -0.39 is 15.8 Å². The van der Waals surface area contributed by atoms with Crippen LogP contribution in [0.25, 0.3) is 0 Å². The first-order chi connectivity index (χ1) is 13.8. The lowest BCUT2D eigenvalue weighted by molar-refractivity contribution is -0.121. The highest BCUT2D eigenvalue weighted by Crippen LogP contribution is 2.26. The summed E-state index contributed by atoms with van der Waals surface area (Å²) in [7, 11) is -3.71.